The molecular weight excluding hydrogens is 366 g/mol. The van der Waals surface area contributed by atoms with Crippen LogP contribution in [-0.4, -0.2) is 67.6 Å². The van der Waals surface area contributed by atoms with E-state index in [-0.39, 0.29) is 5.75 Å². The maximum Gasteiger partial charge on any atom is 0.215 e. The average molecular weight is 392 g/mol. The zero-order chi connectivity index (χ0) is 17.6. The summed E-state index contributed by atoms with van der Waals surface area (Å²) in [6, 6.07) is 0. The van der Waals surface area contributed by atoms with Gasteiger partial charge in [-0.1, -0.05) is 0 Å². The van der Waals surface area contributed by atoms with E-state index in [1.54, 1.807) is 34.5 Å². The Morgan fingerprint density at radius 3 is 2.58 bits per heavy atom. The van der Waals surface area contributed by atoms with Gasteiger partial charge in [0.2, 0.25) is 10.0 Å². The Morgan fingerprint density at radius 1 is 1.29 bits per heavy atom. The Bertz CT molecular complexity index is 646. The molecule has 2 rings (SSSR count). The van der Waals surface area contributed by atoms with Crippen LogP contribution in [0.4, 0.5) is 0 Å². The molecular formula is C14H25N5O2S3. The number of aliphatic imine (C=N–C) groups is 1. The SMILES string of the molecule is CN=C(NCCS(=O)(=O)N1CCSCC1)NCc1nc(C)c(C)s1. The van der Waals surface area contributed by atoms with Crippen molar-refractivity contribution < 1.29 is 8.42 Å². The number of guanidine groups is 1. The second-order valence-electron chi connectivity index (χ2n) is 5.43. The van der Waals surface area contributed by atoms with Crippen molar-refractivity contribution in [1.82, 2.24) is 19.9 Å². The number of thiazole rings is 1. The van der Waals surface area contributed by atoms with Crippen LogP contribution in [0.1, 0.15) is 15.6 Å². The normalized spacial score (nSPS) is 17.0. The third-order valence-electron chi connectivity index (χ3n) is 3.72. The van der Waals surface area contributed by atoms with Crippen molar-refractivity contribution in [1.29, 1.82) is 0 Å². The number of nitrogens with zero attached hydrogens (tertiary/aromatic N) is 3. The second-order valence-corrected chi connectivity index (χ2v) is 10.0. The standard InChI is InChI=1S/C14H25N5O2S3/c1-11-12(2)23-13(18-11)10-17-14(15-3)16-4-9-24(20,21)19-5-7-22-8-6-19/h4-10H2,1-3H3,(H2,15,16,17). The predicted molar refractivity (Wildman–Crippen MR) is 102 cm³/mol. The quantitative estimate of drug-likeness (QED) is 0.551. The van der Waals surface area contributed by atoms with Crippen molar-refractivity contribution in [2.45, 2.75) is 20.4 Å². The first-order valence-electron chi connectivity index (χ1n) is 7.85. The minimum atomic E-state index is -3.19. The summed E-state index contributed by atoms with van der Waals surface area (Å²) in [6.45, 7) is 6.18. The zero-order valence-electron chi connectivity index (χ0n) is 14.3. The summed E-state index contributed by atoms with van der Waals surface area (Å²) in [7, 11) is -1.52. The molecule has 7 nitrogen and oxygen atoms in total. The molecule has 0 spiro atoms. The van der Waals surface area contributed by atoms with Crippen LogP contribution in [-0.2, 0) is 16.6 Å². The number of rotatable bonds is 6. The highest BCUT2D eigenvalue weighted by atomic mass is 32.2. The van der Waals surface area contributed by atoms with Crippen LogP contribution in [0.2, 0.25) is 0 Å². The van der Waals surface area contributed by atoms with E-state index in [1.807, 2.05) is 13.8 Å². The molecule has 0 unspecified atom stereocenters. The Labute approximate surface area is 152 Å². The maximum atomic E-state index is 12.3. The molecule has 0 bridgehead atoms. The summed E-state index contributed by atoms with van der Waals surface area (Å²) in [4.78, 5) is 9.80. The Morgan fingerprint density at radius 2 is 2.00 bits per heavy atom. The van der Waals surface area contributed by atoms with Crippen molar-refractivity contribution in [3.63, 3.8) is 0 Å². The number of nitrogens with one attached hydrogen (secondary N) is 2. The molecule has 0 amide bonds. The average Bonchev–Trinajstić information content (AvgIpc) is 2.89. The number of sulfonamides is 1. The molecule has 10 heteroatoms. The minimum Gasteiger partial charge on any atom is -0.355 e. The lowest BCUT2D eigenvalue weighted by Crippen LogP contribution is -2.44. The summed E-state index contributed by atoms with van der Waals surface area (Å²) in [6.07, 6.45) is 0. The molecule has 0 aromatic carbocycles. The summed E-state index contributed by atoms with van der Waals surface area (Å²) < 4.78 is 26.2. The molecule has 24 heavy (non-hydrogen) atoms. The molecule has 2 N–H and O–H groups in total. The molecule has 1 aliphatic rings. The van der Waals surface area contributed by atoms with Gasteiger partial charge in [-0.2, -0.15) is 11.8 Å². The van der Waals surface area contributed by atoms with Crippen molar-refractivity contribution in [2.24, 2.45) is 4.99 Å². The van der Waals surface area contributed by atoms with E-state index in [0.29, 0.717) is 32.1 Å². The van der Waals surface area contributed by atoms with Gasteiger partial charge in [0.05, 0.1) is 18.0 Å². The van der Waals surface area contributed by atoms with Crippen molar-refractivity contribution >= 4 is 39.1 Å². The lowest BCUT2D eigenvalue weighted by atomic mass is 10.4. The Balaban J connectivity index is 1.76. The lowest BCUT2D eigenvalue weighted by Gasteiger charge is -2.25. The van der Waals surface area contributed by atoms with Crippen molar-refractivity contribution in [3.8, 4) is 0 Å². The highest BCUT2D eigenvalue weighted by molar-refractivity contribution is 7.99. The first-order valence-corrected chi connectivity index (χ1v) is 11.4. The summed E-state index contributed by atoms with van der Waals surface area (Å²) >= 11 is 3.45. The van der Waals surface area contributed by atoms with Crippen LogP contribution in [0.25, 0.3) is 0 Å². The van der Waals surface area contributed by atoms with Crippen molar-refractivity contribution in [3.05, 3.63) is 15.6 Å². The van der Waals surface area contributed by atoms with Crippen molar-refractivity contribution in [2.75, 3.05) is 43.9 Å². The first kappa shape index (κ1) is 19.5. The molecule has 136 valence electrons. The molecule has 1 aromatic rings. The Hall–Kier alpha value is -0.840. The van der Waals surface area contributed by atoms with Crippen LogP contribution in [0, 0.1) is 13.8 Å². The minimum absolute atomic E-state index is 0.0772. The fourth-order valence-electron chi connectivity index (χ4n) is 2.25. The third-order valence-corrected chi connectivity index (χ3v) is 7.61. The van der Waals surface area contributed by atoms with Crippen LogP contribution >= 0.6 is 23.1 Å². The van der Waals surface area contributed by atoms with Crippen LogP contribution < -0.4 is 10.6 Å². The molecule has 1 saturated heterocycles. The fourth-order valence-corrected chi connectivity index (χ4v) is 5.61. The monoisotopic (exact) mass is 391 g/mol. The molecule has 2 heterocycles. The summed E-state index contributed by atoms with van der Waals surface area (Å²) in [5.74, 6) is 2.42. The van der Waals surface area contributed by atoms with E-state index in [0.717, 1.165) is 22.2 Å². The fraction of sp³-hybridized carbons (Fsp3) is 0.714. The molecule has 1 aromatic heterocycles. The molecule has 0 saturated carbocycles. The molecule has 0 radical (unpaired) electrons. The predicted octanol–water partition coefficient (Wildman–Crippen LogP) is 0.804. The summed E-state index contributed by atoms with van der Waals surface area (Å²) in [5.41, 5.74) is 1.05. The van der Waals surface area contributed by atoms with Gasteiger partial charge in [-0.05, 0) is 13.8 Å². The molecule has 0 aliphatic carbocycles. The highest BCUT2D eigenvalue weighted by Crippen LogP contribution is 2.16. The van der Waals surface area contributed by atoms with Crippen LogP contribution in [0.3, 0.4) is 0 Å². The van der Waals surface area contributed by atoms with E-state index in [9.17, 15) is 8.42 Å². The van der Waals surface area contributed by atoms with Gasteiger partial charge in [0.1, 0.15) is 5.01 Å². The number of aryl methyl sites for hydroxylation is 2. The van der Waals surface area contributed by atoms with Gasteiger partial charge in [0.25, 0.3) is 0 Å². The first-order chi connectivity index (χ1) is 11.4. The maximum absolute atomic E-state index is 12.3. The van der Waals surface area contributed by atoms with E-state index in [1.165, 1.54) is 4.88 Å². The van der Waals surface area contributed by atoms with E-state index >= 15 is 0 Å². The van der Waals surface area contributed by atoms with E-state index in [4.69, 9.17) is 0 Å². The van der Waals surface area contributed by atoms with Gasteiger partial charge in [-0.3, -0.25) is 4.99 Å². The van der Waals surface area contributed by atoms with Crippen LogP contribution in [0.15, 0.2) is 4.99 Å². The summed E-state index contributed by atoms with van der Waals surface area (Å²) in [5, 5.41) is 7.22. The topological polar surface area (TPSA) is 86.7 Å². The molecule has 1 fully saturated rings. The van der Waals surface area contributed by atoms with E-state index in [2.05, 4.69) is 20.6 Å². The molecule has 1 aliphatic heterocycles. The third kappa shape index (κ3) is 5.61. The Kier molecular flexibility index (Phi) is 7.33. The van der Waals surface area contributed by atoms with Gasteiger partial charge in [-0.15, -0.1) is 11.3 Å². The van der Waals surface area contributed by atoms with Gasteiger partial charge in [0.15, 0.2) is 5.96 Å². The number of thioether (sulfide) groups is 1. The molecule has 0 atom stereocenters. The van der Waals surface area contributed by atoms with E-state index < -0.39 is 10.0 Å². The second kappa shape index (κ2) is 9.02. The largest absolute Gasteiger partial charge is 0.355 e. The van der Waals surface area contributed by atoms with Gasteiger partial charge < -0.3 is 10.6 Å². The number of hydrogen-bond donors (Lipinski definition) is 2. The lowest BCUT2D eigenvalue weighted by molar-refractivity contribution is 0.443. The van der Waals surface area contributed by atoms with Gasteiger partial charge >= 0.3 is 0 Å². The smallest absolute Gasteiger partial charge is 0.215 e. The van der Waals surface area contributed by atoms with Crippen LogP contribution in [0.5, 0.6) is 0 Å². The van der Waals surface area contributed by atoms with Gasteiger partial charge in [-0.25, -0.2) is 17.7 Å². The number of aromatic nitrogens is 1. The van der Waals surface area contributed by atoms with Gasteiger partial charge in [0, 0.05) is 43.1 Å². The number of hydrogen-bond acceptors (Lipinski definition) is 6. The highest BCUT2D eigenvalue weighted by Gasteiger charge is 2.23. The zero-order valence-corrected chi connectivity index (χ0v) is 16.8.